The van der Waals surface area contributed by atoms with Crippen molar-refractivity contribution in [3.8, 4) is 0 Å². The van der Waals surface area contributed by atoms with Crippen LogP contribution in [0.5, 0.6) is 0 Å². The largest absolute Gasteiger partial charge is 0.348 e. The zero-order valence-electron chi connectivity index (χ0n) is 8.26. The Bertz CT molecular complexity index is 370. The fourth-order valence-corrected chi connectivity index (χ4v) is 1.79. The molecular weight excluding hydrogens is 279 g/mol. The first-order valence-electron chi connectivity index (χ1n) is 4.50. The Morgan fingerprint density at radius 1 is 1.67 bits per heavy atom. The van der Waals surface area contributed by atoms with Crippen molar-refractivity contribution in [3.63, 3.8) is 0 Å². The van der Waals surface area contributed by atoms with Crippen molar-refractivity contribution in [3.05, 3.63) is 33.3 Å². The normalized spacial score (nSPS) is 12.3. The second kappa shape index (κ2) is 5.49. The standard InChI is InChI=1S/C10H12BrClN2O/c1-6(5-13)14-10(15)8-3-2-7(11)4-9(8)12/h2-4,6H,5,13H2,1H3,(H,14,15). The summed E-state index contributed by atoms with van der Waals surface area (Å²) < 4.78 is 0.843. The summed E-state index contributed by atoms with van der Waals surface area (Å²) in [6.45, 7) is 2.24. The van der Waals surface area contributed by atoms with Crippen molar-refractivity contribution in [2.45, 2.75) is 13.0 Å². The Labute approximate surface area is 102 Å². The molecule has 0 radical (unpaired) electrons. The summed E-state index contributed by atoms with van der Waals surface area (Å²) in [5, 5.41) is 3.16. The van der Waals surface area contributed by atoms with Gasteiger partial charge in [0.2, 0.25) is 0 Å². The minimum Gasteiger partial charge on any atom is -0.348 e. The van der Waals surface area contributed by atoms with Gasteiger partial charge in [0, 0.05) is 17.1 Å². The molecule has 0 bridgehead atoms. The van der Waals surface area contributed by atoms with E-state index in [0.717, 1.165) is 4.47 Å². The molecule has 1 aromatic rings. The lowest BCUT2D eigenvalue weighted by atomic mass is 10.2. The topological polar surface area (TPSA) is 55.1 Å². The molecule has 1 amide bonds. The number of hydrogen-bond donors (Lipinski definition) is 2. The average Bonchev–Trinajstić information content (AvgIpc) is 2.17. The lowest BCUT2D eigenvalue weighted by Crippen LogP contribution is -2.37. The molecule has 0 fully saturated rings. The highest BCUT2D eigenvalue weighted by atomic mass is 79.9. The van der Waals surface area contributed by atoms with Gasteiger partial charge in [-0.25, -0.2) is 0 Å². The second-order valence-electron chi connectivity index (χ2n) is 3.23. The third kappa shape index (κ3) is 3.48. The first kappa shape index (κ1) is 12.5. The van der Waals surface area contributed by atoms with Gasteiger partial charge in [-0.1, -0.05) is 27.5 Å². The quantitative estimate of drug-likeness (QED) is 0.897. The minimum absolute atomic E-state index is 0.0581. The van der Waals surface area contributed by atoms with Gasteiger partial charge in [0.25, 0.3) is 5.91 Å². The van der Waals surface area contributed by atoms with Crippen LogP contribution in [0.25, 0.3) is 0 Å². The van der Waals surface area contributed by atoms with E-state index in [9.17, 15) is 4.79 Å². The Morgan fingerprint density at radius 2 is 2.33 bits per heavy atom. The van der Waals surface area contributed by atoms with Gasteiger partial charge in [-0.3, -0.25) is 4.79 Å². The lowest BCUT2D eigenvalue weighted by molar-refractivity contribution is 0.0941. The lowest BCUT2D eigenvalue weighted by Gasteiger charge is -2.12. The van der Waals surface area contributed by atoms with Crippen molar-refractivity contribution in [2.24, 2.45) is 5.73 Å². The molecule has 0 aliphatic carbocycles. The average molecular weight is 292 g/mol. The van der Waals surface area contributed by atoms with E-state index in [0.29, 0.717) is 17.1 Å². The van der Waals surface area contributed by atoms with Gasteiger partial charge in [0.15, 0.2) is 0 Å². The maximum atomic E-state index is 11.7. The predicted octanol–water partition coefficient (Wildman–Crippen LogP) is 2.18. The highest BCUT2D eigenvalue weighted by molar-refractivity contribution is 9.10. The van der Waals surface area contributed by atoms with E-state index in [1.165, 1.54) is 0 Å². The molecule has 0 saturated carbocycles. The fourth-order valence-electron chi connectivity index (χ4n) is 1.03. The molecule has 0 heterocycles. The van der Waals surface area contributed by atoms with Crippen LogP contribution in [0.15, 0.2) is 22.7 Å². The van der Waals surface area contributed by atoms with Crippen LogP contribution in [-0.4, -0.2) is 18.5 Å². The van der Waals surface area contributed by atoms with Crippen LogP contribution in [-0.2, 0) is 0 Å². The molecule has 0 aliphatic rings. The number of nitrogens with two attached hydrogens (primary N) is 1. The Kier molecular flexibility index (Phi) is 4.57. The van der Waals surface area contributed by atoms with Gasteiger partial charge in [-0.05, 0) is 25.1 Å². The Balaban J connectivity index is 2.82. The molecule has 0 saturated heterocycles. The molecule has 82 valence electrons. The zero-order valence-corrected chi connectivity index (χ0v) is 10.6. The Hall–Kier alpha value is -0.580. The van der Waals surface area contributed by atoms with Gasteiger partial charge in [0.05, 0.1) is 10.6 Å². The smallest absolute Gasteiger partial charge is 0.253 e. The maximum Gasteiger partial charge on any atom is 0.253 e. The first-order valence-corrected chi connectivity index (χ1v) is 5.67. The van der Waals surface area contributed by atoms with Crippen molar-refractivity contribution in [1.82, 2.24) is 5.32 Å². The predicted molar refractivity (Wildman–Crippen MR) is 65.1 cm³/mol. The number of hydrogen-bond acceptors (Lipinski definition) is 2. The Morgan fingerprint density at radius 3 is 2.87 bits per heavy atom. The summed E-state index contributed by atoms with van der Waals surface area (Å²) in [5.74, 6) is -0.203. The molecule has 3 nitrogen and oxygen atoms in total. The number of carbonyl (C=O) groups excluding carboxylic acids is 1. The SMILES string of the molecule is CC(CN)NC(=O)c1ccc(Br)cc1Cl. The van der Waals surface area contributed by atoms with Crippen molar-refractivity contribution >= 4 is 33.4 Å². The van der Waals surface area contributed by atoms with E-state index in [4.69, 9.17) is 17.3 Å². The first-order chi connectivity index (χ1) is 7.04. The van der Waals surface area contributed by atoms with Gasteiger partial charge < -0.3 is 11.1 Å². The van der Waals surface area contributed by atoms with Crippen LogP contribution in [0.4, 0.5) is 0 Å². The van der Waals surface area contributed by atoms with E-state index in [1.807, 2.05) is 6.92 Å². The van der Waals surface area contributed by atoms with Crippen LogP contribution in [0.3, 0.4) is 0 Å². The summed E-state index contributed by atoms with van der Waals surface area (Å²) >= 11 is 9.20. The molecule has 0 aromatic heterocycles. The number of halogens is 2. The molecule has 1 atom stereocenters. The summed E-state index contributed by atoms with van der Waals surface area (Å²) in [4.78, 5) is 11.7. The van der Waals surface area contributed by atoms with Crippen LogP contribution in [0, 0.1) is 0 Å². The van der Waals surface area contributed by atoms with Crippen LogP contribution in [0.1, 0.15) is 17.3 Å². The van der Waals surface area contributed by atoms with Gasteiger partial charge in [-0.15, -0.1) is 0 Å². The van der Waals surface area contributed by atoms with E-state index < -0.39 is 0 Å². The molecule has 1 aromatic carbocycles. The molecule has 0 aliphatic heterocycles. The monoisotopic (exact) mass is 290 g/mol. The maximum absolute atomic E-state index is 11.7. The van der Waals surface area contributed by atoms with E-state index in [-0.39, 0.29) is 11.9 Å². The summed E-state index contributed by atoms with van der Waals surface area (Å²) in [6, 6.07) is 5.07. The second-order valence-corrected chi connectivity index (χ2v) is 4.56. The number of nitrogens with one attached hydrogen (secondary N) is 1. The highest BCUT2D eigenvalue weighted by Crippen LogP contribution is 2.21. The van der Waals surface area contributed by atoms with Gasteiger partial charge in [-0.2, -0.15) is 0 Å². The van der Waals surface area contributed by atoms with Crippen LogP contribution in [0.2, 0.25) is 5.02 Å². The molecule has 1 unspecified atom stereocenters. The van der Waals surface area contributed by atoms with E-state index in [2.05, 4.69) is 21.2 Å². The minimum atomic E-state index is -0.203. The molecule has 0 spiro atoms. The third-order valence-electron chi connectivity index (χ3n) is 1.91. The van der Waals surface area contributed by atoms with Crippen LogP contribution >= 0.6 is 27.5 Å². The van der Waals surface area contributed by atoms with E-state index in [1.54, 1.807) is 18.2 Å². The number of benzene rings is 1. The van der Waals surface area contributed by atoms with Crippen molar-refractivity contribution in [1.29, 1.82) is 0 Å². The number of rotatable bonds is 3. The summed E-state index contributed by atoms with van der Waals surface area (Å²) in [6.07, 6.45) is 0. The van der Waals surface area contributed by atoms with Gasteiger partial charge >= 0.3 is 0 Å². The zero-order chi connectivity index (χ0) is 11.4. The molecule has 5 heteroatoms. The fraction of sp³-hybridized carbons (Fsp3) is 0.300. The molecule has 3 N–H and O–H groups in total. The highest BCUT2D eigenvalue weighted by Gasteiger charge is 2.12. The third-order valence-corrected chi connectivity index (χ3v) is 2.71. The number of carbonyl (C=O) groups is 1. The van der Waals surface area contributed by atoms with Gasteiger partial charge in [0.1, 0.15) is 0 Å². The van der Waals surface area contributed by atoms with E-state index >= 15 is 0 Å². The van der Waals surface area contributed by atoms with Crippen LogP contribution < -0.4 is 11.1 Å². The number of amides is 1. The molecule has 15 heavy (non-hydrogen) atoms. The summed E-state index contributed by atoms with van der Waals surface area (Å²) in [7, 11) is 0. The van der Waals surface area contributed by atoms with Crippen molar-refractivity contribution < 1.29 is 4.79 Å². The summed E-state index contributed by atoms with van der Waals surface area (Å²) in [5.41, 5.74) is 5.86. The molecular formula is C10H12BrClN2O. The van der Waals surface area contributed by atoms with Crippen molar-refractivity contribution in [2.75, 3.05) is 6.54 Å². The molecule has 1 rings (SSSR count).